The van der Waals surface area contributed by atoms with E-state index in [1.807, 2.05) is 0 Å². The minimum atomic E-state index is -4.22. The third-order valence-electron chi connectivity index (χ3n) is 4.74. The summed E-state index contributed by atoms with van der Waals surface area (Å²) in [6.07, 6.45) is -0.183. The molecule has 1 aromatic carbocycles. The van der Waals surface area contributed by atoms with E-state index >= 15 is 0 Å². The van der Waals surface area contributed by atoms with Gasteiger partial charge in [0.15, 0.2) is 23.3 Å². The van der Waals surface area contributed by atoms with Crippen LogP contribution in [0.5, 0.6) is 0 Å². The minimum Gasteiger partial charge on any atom is -0.455 e. The largest absolute Gasteiger partial charge is 0.708 e. The fourth-order valence-corrected chi connectivity index (χ4v) is 6.50. The maximum Gasteiger partial charge on any atom is 0.708 e. The Hall–Kier alpha value is -2.50. The van der Waals surface area contributed by atoms with Crippen LogP contribution in [-0.4, -0.2) is 26.7 Å². The van der Waals surface area contributed by atoms with Crippen LogP contribution in [-0.2, 0) is 27.7 Å². The van der Waals surface area contributed by atoms with Crippen LogP contribution in [0.2, 0.25) is 5.54 Å². The molecule has 0 N–H and O–H groups in total. The van der Waals surface area contributed by atoms with Crippen LogP contribution in [0.4, 0.5) is 22.0 Å². The monoisotopic (exact) mass is 454 g/mol. The van der Waals surface area contributed by atoms with Crippen LogP contribution >= 0.6 is 0 Å². The van der Waals surface area contributed by atoms with Gasteiger partial charge in [0.1, 0.15) is 0 Å². The molecule has 166 valence electrons. The lowest BCUT2D eigenvalue weighted by molar-refractivity contribution is -0.148. The van der Waals surface area contributed by atoms with Crippen molar-refractivity contribution in [3.8, 4) is 0 Å². The normalized spacial score (nSPS) is 19.2. The van der Waals surface area contributed by atoms with Gasteiger partial charge < -0.3 is 13.3 Å². The smallest absolute Gasteiger partial charge is 0.455 e. The molecule has 0 unspecified atom stereocenters. The molecule has 1 saturated carbocycles. The number of carbonyl (C=O) groups is 3. The number of benzene rings is 1. The predicted molar refractivity (Wildman–Crippen MR) is 92.2 cm³/mol. The van der Waals surface area contributed by atoms with Gasteiger partial charge in [0.2, 0.25) is 5.82 Å². The maximum absolute atomic E-state index is 14.1. The molecule has 0 heterocycles. The zero-order valence-electron chi connectivity index (χ0n) is 16.3. The molecule has 1 fully saturated rings. The topological polar surface area (TPSA) is 78.9 Å². The Kier molecular flexibility index (Phi) is 7.21. The van der Waals surface area contributed by atoms with Crippen LogP contribution in [0.15, 0.2) is 0 Å². The summed E-state index contributed by atoms with van der Waals surface area (Å²) in [5.41, 5.74) is -1.71. The number of hydrogen-bond donors (Lipinski definition) is 0. The Morgan fingerprint density at radius 3 is 1.33 bits per heavy atom. The standard InChI is InChI=1S/C18H19F5O6Si/c1-8(24)27-30(28-9(2)25,29-10(3)26)12-6-4-11(5-7-12)13-14(19)16(21)18(23)17(22)15(13)20/h11-12H,4-7H2,1-3H3. The van der Waals surface area contributed by atoms with Crippen molar-refractivity contribution in [1.29, 1.82) is 0 Å². The van der Waals surface area contributed by atoms with Gasteiger partial charge in [0.05, 0.1) is 5.54 Å². The van der Waals surface area contributed by atoms with Gasteiger partial charge in [-0.3, -0.25) is 14.4 Å². The van der Waals surface area contributed by atoms with E-state index in [-0.39, 0.29) is 25.7 Å². The molecule has 0 saturated heterocycles. The molecule has 1 aliphatic rings. The summed E-state index contributed by atoms with van der Waals surface area (Å²) in [5, 5.41) is 0. The molecule has 1 aromatic rings. The summed E-state index contributed by atoms with van der Waals surface area (Å²) < 4.78 is 84.0. The highest BCUT2D eigenvalue weighted by Crippen LogP contribution is 2.46. The molecule has 0 bridgehead atoms. The highest BCUT2D eigenvalue weighted by atomic mass is 28.4. The number of rotatable bonds is 5. The zero-order valence-corrected chi connectivity index (χ0v) is 17.3. The number of carbonyl (C=O) groups excluding carboxylic acids is 3. The van der Waals surface area contributed by atoms with E-state index in [0.717, 1.165) is 20.8 Å². The number of halogens is 5. The lowest BCUT2D eigenvalue weighted by Gasteiger charge is -2.36. The Bertz CT molecular complexity index is 799. The SMILES string of the molecule is CC(=O)O[Si](OC(C)=O)(OC(C)=O)C1CCC(c2c(F)c(F)c(F)c(F)c2F)CC1. The first-order valence-electron chi connectivity index (χ1n) is 8.99. The molecule has 0 aliphatic heterocycles. The van der Waals surface area contributed by atoms with E-state index < -0.39 is 72.8 Å². The van der Waals surface area contributed by atoms with Gasteiger partial charge in [-0.2, -0.15) is 0 Å². The van der Waals surface area contributed by atoms with Gasteiger partial charge >= 0.3 is 8.80 Å². The second kappa shape index (κ2) is 9.10. The lowest BCUT2D eigenvalue weighted by Crippen LogP contribution is -2.54. The van der Waals surface area contributed by atoms with Crippen molar-refractivity contribution < 1.29 is 49.6 Å². The molecular formula is C18H19F5O6Si. The summed E-state index contributed by atoms with van der Waals surface area (Å²) >= 11 is 0. The highest BCUT2D eigenvalue weighted by molar-refractivity contribution is 6.67. The van der Waals surface area contributed by atoms with Crippen LogP contribution in [0, 0.1) is 29.1 Å². The van der Waals surface area contributed by atoms with E-state index in [0.29, 0.717) is 0 Å². The fraction of sp³-hybridized carbons (Fsp3) is 0.500. The van der Waals surface area contributed by atoms with Crippen molar-refractivity contribution in [2.45, 2.75) is 57.9 Å². The molecule has 0 atom stereocenters. The zero-order chi connectivity index (χ0) is 22.8. The lowest BCUT2D eigenvalue weighted by atomic mass is 9.83. The first kappa shape index (κ1) is 23.8. The van der Waals surface area contributed by atoms with Crippen molar-refractivity contribution in [2.75, 3.05) is 0 Å². The van der Waals surface area contributed by atoms with Crippen LogP contribution in [0.1, 0.15) is 57.9 Å². The summed E-state index contributed by atoms with van der Waals surface area (Å²) in [6.45, 7) is 3.07. The Balaban J connectivity index is 2.34. The van der Waals surface area contributed by atoms with E-state index in [1.165, 1.54) is 0 Å². The summed E-state index contributed by atoms with van der Waals surface area (Å²) in [7, 11) is -4.22. The Labute approximate surface area is 169 Å². The molecule has 12 heteroatoms. The molecule has 0 radical (unpaired) electrons. The summed E-state index contributed by atoms with van der Waals surface area (Å²) in [4.78, 5) is 34.7. The second-order valence-corrected chi connectivity index (χ2v) is 9.55. The predicted octanol–water partition coefficient (Wildman–Crippen LogP) is 4.04. The van der Waals surface area contributed by atoms with Crippen molar-refractivity contribution in [1.82, 2.24) is 0 Å². The van der Waals surface area contributed by atoms with Gasteiger partial charge in [-0.1, -0.05) is 0 Å². The molecule has 30 heavy (non-hydrogen) atoms. The quantitative estimate of drug-likeness (QED) is 0.289. The molecule has 2 rings (SSSR count). The second-order valence-electron chi connectivity index (χ2n) is 6.92. The molecular weight excluding hydrogens is 435 g/mol. The summed E-state index contributed by atoms with van der Waals surface area (Å²) in [5.74, 6) is -13.7. The third-order valence-corrected chi connectivity index (χ3v) is 8.03. The van der Waals surface area contributed by atoms with E-state index in [1.54, 1.807) is 0 Å². The van der Waals surface area contributed by atoms with E-state index in [4.69, 9.17) is 13.3 Å². The maximum atomic E-state index is 14.1. The van der Waals surface area contributed by atoms with Crippen LogP contribution in [0.3, 0.4) is 0 Å². The van der Waals surface area contributed by atoms with Crippen molar-refractivity contribution in [3.63, 3.8) is 0 Å². The number of hydrogen-bond acceptors (Lipinski definition) is 6. The van der Waals surface area contributed by atoms with Gasteiger partial charge in [0, 0.05) is 26.3 Å². The van der Waals surface area contributed by atoms with Crippen molar-refractivity contribution >= 4 is 26.7 Å². The Morgan fingerprint density at radius 1 is 0.667 bits per heavy atom. The van der Waals surface area contributed by atoms with E-state index in [2.05, 4.69) is 0 Å². The van der Waals surface area contributed by atoms with Crippen molar-refractivity contribution in [2.24, 2.45) is 0 Å². The average Bonchev–Trinajstić information content (AvgIpc) is 2.63. The van der Waals surface area contributed by atoms with Gasteiger partial charge in [-0.05, 0) is 31.6 Å². The average molecular weight is 454 g/mol. The Morgan fingerprint density at radius 2 is 1.00 bits per heavy atom. The van der Waals surface area contributed by atoms with Gasteiger partial charge in [0.25, 0.3) is 17.9 Å². The molecule has 0 aromatic heterocycles. The van der Waals surface area contributed by atoms with Crippen molar-refractivity contribution in [3.05, 3.63) is 34.6 Å². The van der Waals surface area contributed by atoms with Crippen LogP contribution < -0.4 is 0 Å². The van der Waals surface area contributed by atoms with E-state index in [9.17, 15) is 36.3 Å². The first-order valence-corrected chi connectivity index (χ1v) is 10.8. The molecule has 0 amide bonds. The molecule has 0 spiro atoms. The fourth-order valence-electron chi connectivity index (χ4n) is 3.63. The highest BCUT2D eigenvalue weighted by Gasteiger charge is 2.59. The summed E-state index contributed by atoms with van der Waals surface area (Å²) in [6, 6.07) is 0. The molecule has 1 aliphatic carbocycles. The van der Waals surface area contributed by atoms with Crippen LogP contribution in [0.25, 0.3) is 0 Å². The van der Waals surface area contributed by atoms with Gasteiger partial charge in [-0.15, -0.1) is 0 Å². The minimum absolute atomic E-state index is 0.00970. The third kappa shape index (κ3) is 4.79. The molecule has 6 nitrogen and oxygen atoms in total. The van der Waals surface area contributed by atoms with Gasteiger partial charge in [-0.25, -0.2) is 22.0 Å². The first-order chi connectivity index (χ1) is 13.9.